The van der Waals surface area contributed by atoms with Gasteiger partial charge in [-0.25, -0.2) is 0 Å². The first kappa shape index (κ1) is 13.9. The zero-order valence-corrected chi connectivity index (χ0v) is 11.8. The molecule has 0 bridgehead atoms. The van der Waals surface area contributed by atoms with Crippen LogP contribution in [0.2, 0.25) is 0 Å². The number of nitriles is 1. The lowest BCUT2D eigenvalue weighted by Crippen LogP contribution is -2.42. The molecule has 0 spiro atoms. The van der Waals surface area contributed by atoms with Crippen molar-refractivity contribution in [3.05, 3.63) is 29.8 Å². The lowest BCUT2D eigenvalue weighted by atomic mass is 9.94. The third-order valence-corrected chi connectivity index (χ3v) is 3.80. The highest BCUT2D eigenvalue weighted by Gasteiger charge is 2.28. The maximum atomic E-state index is 9.35. The Morgan fingerprint density at radius 3 is 2.58 bits per heavy atom. The van der Waals surface area contributed by atoms with Crippen LogP contribution in [0.15, 0.2) is 24.3 Å². The number of benzene rings is 1. The second-order valence-electron chi connectivity index (χ2n) is 5.62. The summed E-state index contributed by atoms with van der Waals surface area (Å²) >= 11 is 0. The van der Waals surface area contributed by atoms with Gasteiger partial charge >= 0.3 is 0 Å². The number of aryl methyl sites for hydroxylation is 1. The van der Waals surface area contributed by atoms with Crippen LogP contribution in [0.1, 0.15) is 31.7 Å². The number of rotatable bonds is 7. The normalized spacial score (nSPS) is 17.5. The van der Waals surface area contributed by atoms with Gasteiger partial charge in [0.1, 0.15) is 11.3 Å². The average Bonchev–Trinajstić information content (AvgIpc) is 3.28. The molecular weight excluding hydrogens is 236 g/mol. The minimum absolute atomic E-state index is 0.414. The van der Waals surface area contributed by atoms with Gasteiger partial charge < -0.3 is 4.74 Å². The van der Waals surface area contributed by atoms with E-state index in [2.05, 4.69) is 23.5 Å². The summed E-state index contributed by atoms with van der Waals surface area (Å²) in [5, 5.41) is 12.8. The van der Waals surface area contributed by atoms with Crippen molar-refractivity contribution in [2.45, 2.75) is 38.1 Å². The molecule has 1 aliphatic rings. The molecule has 1 saturated carbocycles. The number of methoxy groups -OCH3 is 1. The Balaban J connectivity index is 1.85. The molecular formula is C16H22N2O. The van der Waals surface area contributed by atoms with Gasteiger partial charge in [-0.15, -0.1) is 0 Å². The molecule has 0 saturated heterocycles. The summed E-state index contributed by atoms with van der Waals surface area (Å²) in [4.78, 5) is 0. The van der Waals surface area contributed by atoms with Crippen molar-refractivity contribution < 1.29 is 4.74 Å². The van der Waals surface area contributed by atoms with Gasteiger partial charge in [0.15, 0.2) is 0 Å². The molecule has 1 aliphatic carbocycles. The standard InChI is InChI=1S/C16H22N2O/c1-16(12-17,18-11-14-3-4-14)10-9-13-5-7-15(19-2)8-6-13/h5-8,14,18H,3-4,9-11H2,1-2H3. The number of ether oxygens (including phenoxy) is 1. The van der Waals surface area contributed by atoms with Gasteiger partial charge in [-0.1, -0.05) is 12.1 Å². The maximum Gasteiger partial charge on any atom is 0.118 e. The van der Waals surface area contributed by atoms with Crippen molar-refractivity contribution in [1.82, 2.24) is 5.32 Å². The van der Waals surface area contributed by atoms with Crippen molar-refractivity contribution in [2.24, 2.45) is 5.92 Å². The molecule has 0 aromatic heterocycles. The molecule has 2 rings (SSSR count). The van der Waals surface area contributed by atoms with Crippen LogP contribution in [-0.2, 0) is 6.42 Å². The summed E-state index contributed by atoms with van der Waals surface area (Å²) in [6, 6.07) is 10.5. The zero-order valence-electron chi connectivity index (χ0n) is 11.8. The van der Waals surface area contributed by atoms with Gasteiger partial charge in [0.25, 0.3) is 0 Å². The van der Waals surface area contributed by atoms with E-state index in [4.69, 9.17) is 4.74 Å². The van der Waals surface area contributed by atoms with E-state index in [9.17, 15) is 5.26 Å². The third kappa shape index (κ3) is 4.25. The summed E-state index contributed by atoms with van der Waals surface area (Å²) in [5.74, 6) is 1.67. The summed E-state index contributed by atoms with van der Waals surface area (Å²) in [5.41, 5.74) is 0.832. The maximum absolute atomic E-state index is 9.35. The topological polar surface area (TPSA) is 45.0 Å². The Hall–Kier alpha value is -1.53. The Bertz CT molecular complexity index is 445. The molecule has 3 nitrogen and oxygen atoms in total. The van der Waals surface area contributed by atoms with Crippen molar-refractivity contribution >= 4 is 0 Å². The molecule has 0 aliphatic heterocycles. The molecule has 1 fully saturated rings. The first-order chi connectivity index (χ1) is 9.15. The van der Waals surface area contributed by atoms with E-state index in [0.29, 0.717) is 0 Å². The molecule has 102 valence electrons. The van der Waals surface area contributed by atoms with E-state index in [1.807, 2.05) is 19.1 Å². The smallest absolute Gasteiger partial charge is 0.118 e. The van der Waals surface area contributed by atoms with E-state index < -0.39 is 5.54 Å². The van der Waals surface area contributed by atoms with E-state index in [1.165, 1.54) is 18.4 Å². The van der Waals surface area contributed by atoms with E-state index in [-0.39, 0.29) is 0 Å². The minimum atomic E-state index is -0.414. The van der Waals surface area contributed by atoms with Gasteiger partial charge in [-0.05, 0) is 62.8 Å². The van der Waals surface area contributed by atoms with Crippen LogP contribution in [0.3, 0.4) is 0 Å². The fourth-order valence-corrected chi connectivity index (χ4v) is 2.06. The molecule has 1 N–H and O–H groups in total. The molecule has 3 heteroatoms. The van der Waals surface area contributed by atoms with Crippen molar-refractivity contribution in [2.75, 3.05) is 13.7 Å². The predicted octanol–water partition coefficient (Wildman–Crippen LogP) is 2.91. The Kier molecular flexibility index (Phi) is 4.44. The summed E-state index contributed by atoms with van der Waals surface area (Å²) < 4.78 is 5.14. The number of nitrogens with one attached hydrogen (secondary N) is 1. The SMILES string of the molecule is COc1ccc(CCC(C)(C#N)NCC2CC2)cc1. The van der Waals surface area contributed by atoms with Crippen LogP contribution in [0, 0.1) is 17.2 Å². The quantitative estimate of drug-likeness (QED) is 0.818. The van der Waals surface area contributed by atoms with E-state index in [1.54, 1.807) is 7.11 Å². The molecule has 1 unspecified atom stereocenters. The molecule has 1 atom stereocenters. The van der Waals surface area contributed by atoms with Gasteiger partial charge in [0.2, 0.25) is 0 Å². The highest BCUT2D eigenvalue weighted by molar-refractivity contribution is 5.27. The van der Waals surface area contributed by atoms with Gasteiger partial charge in [-0.2, -0.15) is 5.26 Å². The number of hydrogen-bond acceptors (Lipinski definition) is 3. The molecule has 0 heterocycles. The average molecular weight is 258 g/mol. The first-order valence-electron chi connectivity index (χ1n) is 6.94. The van der Waals surface area contributed by atoms with Crippen LogP contribution in [0.25, 0.3) is 0 Å². The zero-order chi connectivity index (χ0) is 13.7. The van der Waals surface area contributed by atoms with E-state index >= 15 is 0 Å². The number of nitrogens with zero attached hydrogens (tertiary/aromatic N) is 1. The van der Waals surface area contributed by atoms with Crippen LogP contribution < -0.4 is 10.1 Å². The second kappa shape index (κ2) is 6.08. The van der Waals surface area contributed by atoms with E-state index in [0.717, 1.165) is 31.1 Å². The third-order valence-electron chi connectivity index (χ3n) is 3.80. The summed E-state index contributed by atoms with van der Waals surface area (Å²) in [6.07, 6.45) is 4.37. The summed E-state index contributed by atoms with van der Waals surface area (Å²) in [6.45, 7) is 2.98. The fraction of sp³-hybridized carbons (Fsp3) is 0.562. The Morgan fingerprint density at radius 2 is 2.05 bits per heavy atom. The molecule has 19 heavy (non-hydrogen) atoms. The summed E-state index contributed by atoms with van der Waals surface area (Å²) in [7, 11) is 1.67. The Morgan fingerprint density at radius 1 is 1.37 bits per heavy atom. The lowest BCUT2D eigenvalue weighted by Gasteiger charge is -2.23. The van der Waals surface area contributed by atoms with Crippen molar-refractivity contribution in [3.63, 3.8) is 0 Å². The monoisotopic (exact) mass is 258 g/mol. The molecule has 0 radical (unpaired) electrons. The first-order valence-corrected chi connectivity index (χ1v) is 6.94. The van der Waals surface area contributed by atoms with Gasteiger partial charge in [0.05, 0.1) is 13.2 Å². The van der Waals surface area contributed by atoms with Crippen molar-refractivity contribution in [1.29, 1.82) is 5.26 Å². The molecule has 1 aromatic rings. The highest BCUT2D eigenvalue weighted by Crippen LogP contribution is 2.28. The number of hydrogen-bond donors (Lipinski definition) is 1. The predicted molar refractivity (Wildman–Crippen MR) is 76.1 cm³/mol. The van der Waals surface area contributed by atoms with Crippen LogP contribution in [0.5, 0.6) is 5.75 Å². The van der Waals surface area contributed by atoms with Crippen LogP contribution in [0.4, 0.5) is 0 Å². The van der Waals surface area contributed by atoms with Gasteiger partial charge in [0, 0.05) is 0 Å². The van der Waals surface area contributed by atoms with Gasteiger partial charge in [-0.3, -0.25) is 5.32 Å². The van der Waals surface area contributed by atoms with Crippen LogP contribution >= 0.6 is 0 Å². The highest BCUT2D eigenvalue weighted by atomic mass is 16.5. The Labute approximate surface area is 115 Å². The largest absolute Gasteiger partial charge is 0.497 e. The minimum Gasteiger partial charge on any atom is -0.497 e. The van der Waals surface area contributed by atoms with Crippen LogP contribution in [-0.4, -0.2) is 19.2 Å². The fourth-order valence-electron chi connectivity index (χ4n) is 2.06. The van der Waals surface area contributed by atoms with Crippen molar-refractivity contribution in [3.8, 4) is 11.8 Å². The second-order valence-corrected chi connectivity index (χ2v) is 5.62. The molecule has 1 aromatic carbocycles. The lowest BCUT2D eigenvalue weighted by molar-refractivity contribution is 0.408. The molecule has 0 amide bonds.